The fraction of sp³-hybridized carbons (Fsp3) is 0.441. The molecule has 1 fully saturated rings. The van der Waals surface area contributed by atoms with Gasteiger partial charge in [0.05, 0.1) is 22.7 Å². The first kappa shape index (κ1) is 28.9. The maximum Gasteiger partial charge on any atom is 0.264 e. The quantitative estimate of drug-likeness (QED) is 0.366. The monoisotopic (exact) mass is 589 g/mol. The third-order valence-corrected chi connectivity index (χ3v) is 11.0. The summed E-state index contributed by atoms with van der Waals surface area (Å²) in [5, 5.41) is 3.26. The summed E-state index contributed by atoms with van der Waals surface area (Å²) >= 11 is 0. The van der Waals surface area contributed by atoms with E-state index in [1.807, 2.05) is 43.3 Å². The van der Waals surface area contributed by atoms with Gasteiger partial charge >= 0.3 is 0 Å². The fourth-order valence-electron chi connectivity index (χ4n) is 6.81. The second-order valence-electron chi connectivity index (χ2n) is 12.1. The van der Waals surface area contributed by atoms with E-state index in [1.54, 1.807) is 12.1 Å². The molecule has 0 unspecified atom stereocenters. The van der Waals surface area contributed by atoms with Crippen molar-refractivity contribution >= 4 is 21.6 Å². The van der Waals surface area contributed by atoms with E-state index in [-0.39, 0.29) is 23.3 Å². The summed E-state index contributed by atoms with van der Waals surface area (Å²) in [6.45, 7) is 4.34. The molecule has 2 heterocycles. The summed E-state index contributed by atoms with van der Waals surface area (Å²) in [6, 6.07) is 20.5. The molecule has 3 aromatic carbocycles. The van der Waals surface area contributed by atoms with Crippen LogP contribution in [0.2, 0.25) is 0 Å². The third-order valence-electron chi connectivity index (χ3n) is 9.09. The summed E-state index contributed by atoms with van der Waals surface area (Å²) in [7, 11) is -3.86. The van der Waals surface area contributed by atoms with Gasteiger partial charge in [0.1, 0.15) is 6.17 Å². The highest BCUT2D eigenvalue weighted by molar-refractivity contribution is 7.92. The average Bonchev–Trinajstić information content (AvgIpc) is 2.98. The third kappa shape index (κ3) is 6.11. The van der Waals surface area contributed by atoms with E-state index in [9.17, 15) is 17.6 Å². The zero-order valence-corrected chi connectivity index (χ0v) is 25.1. The highest BCUT2D eigenvalue weighted by atomic mass is 32.2. The van der Waals surface area contributed by atoms with Crippen molar-refractivity contribution in [3.05, 3.63) is 94.5 Å². The number of carbonyl (C=O) groups excluding carboxylic acids is 1. The number of amides is 1. The number of piperidine rings is 1. The molecule has 6 nitrogen and oxygen atoms in total. The molecule has 0 saturated carbocycles. The Morgan fingerprint density at radius 2 is 1.69 bits per heavy atom. The fourth-order valence-corrected chi connectivity index (χ4v) is 8.53. The number of benzene rings is 3. The van der Waals surface area contributed by atoms with Crippen LogP contribution in [0.3, 0.4) is 0 Å². The molecule has 0 radical (unpaired) electrons. The number of halogens is 1. The van der Waals surface area contributed by atoms with Crippen molar-refractivity contribution in [2.45, 2.75) is 88.0 Å². The molecule has 1 N–H and O–H groups in total. The minimum atomic E-state index is -3.86. The number of hydrogen-bond donors (Lipinski definition) is 1. The maximum atomic E-state index is 14.0. The number of likely N-dealkylation sites (tertiary alicyclic amines) is 1. The van der Waals surface area contributed by atoms with Crippen molar-refractivity contribution < 1.29 is 17.6 Å². The van der Waals surface area contributed by atoms with Gasteiger partial charge in [0, 0.05) is 26.1 Å². The van der Waals surface area contributed by atoms with Crippen LogP contribution < -0.4 is 9.62 Å². The molecular formula is C34H40FN3O3S. The Morgan fingerprint density at radius 3 is 2.48 bits per heavy atom. The molecule has 222 valence electrons. The van der Waals surface area contributed by atoms with E-state index < -0.39 is 22.2 Å². The van der Waals surface area contributed by atoms with Crippen molar-refractivity contribution in [1.82, 2.24) is 10.2 Å². The van der Waals surface area contributed by atoms with Crippen LogP contribution in [0.15, 0.2) is 71.6 Å². The number of fused-ring (bicyclic) bond motifs is 2. The van der Waals surface area contributed by atoms with Crippen molar-refractivity contribution in [2.75, 3.05) is 17.4 Å². The minimum absolute atomic E-state index is 0.0874. The first-order valence-electron chi connectivity index (χ1n) is 15.2. The number of anilines is 1. The Bertz CT molecular complexity index is 1530. The Hall–Kier alpha value is -3.23. The van der Waals surface area contributed by atoms with E-state index in [2.05, 4.69) is 28.4 Å². The summed E-state index contributed by atoms with van der Waals surface area (Å²) in [6.07, 6.45) is 4.78. The van der Waals surface area contributed by atoms with Crippen LogP contribution >= 0.6 is 0 Å². The molecule has 3 aromatic rings. The van der Waals surface area contributed by atoms with Crippen LogP contribution in [-0.4, -0.2) is 44.5 Å². The number of rotatable bonds is 7. The van der Waals surface area contributed by atoms with E-state index in [4.69, 9.17) is 0 Å². The van der Waals surface area contributed by atoms with Crippen LogP contribution in [0.1, 0.15) is 72.4 Å². The SMILES string of the molecule is Cc1ccc(S(=O)(=O)N2c3ccccc3CC[C@@H]2CC(=O)N[C@@H]2CCCc3cc(CN4CCC(F)CC4)ccc32)cc1. The smallest absolute Gasteiger partial charge is 0.264 e. The van der Waals surface area contributed by atoms with Gasteiger partial charge < -0.3 is 5.32 Å². The van der Waals surface area contributed by atoms with Gasteiger partial charge in [0.15, 0.2) is 0 Å². The highest BCUT2D eigenvalue weighted by Gasteiger charge is 2.37. The molecule has 0 spiro atoms. The normalized spacial score (nSPS) is 21.4. The van der Waals surface area contributed by atoms with Gasteiger partial charge in [-0.05, 0) is 92.3 Å². The molecule has 2 atom stereocenters. The van der Waals surface area contributed by atoms with Crippen LogP contribution in [0.5, 0.6) is 0 Å². The number of nitrogens with one attached hydrogen (secondary N) is 1. The summed E-state index contributed by atoms with van der Waals surface area (Å²) in [5.41, 5.74) is 6.28. The molecule has 1 aliphatic carbocycles. The van der Waals surface area contributed by atoms with Crippen molar-refractivity contribution in [3.63, 3.8) is 0 Å². The van der Waals surface area contributed by atoms with Crippen molar-refractivity contribution in [3.8, 4) is 0 Å². The Morgan fingerprint density at radius 1 is 0.929 bits per heavy atom. The predicted molar refractivity (Wildman–Crippen MR) is 164 cm³/mol. The van der Waals surface area contributed by atoms with Crippen LogP contribution in [0.25, 0.3) is 0 Å². The number of hydrogen-bond acceptors (Lipinski definition) is 4. The van der Waals surface area contributed by atoms with Crippen molar-refractivity contribution in [2.24, 2.45) is 0 Å². The topological polar surface area (TPSA) is 69.7 Å². The summed E-state index contributed by atoms with van der Waals surface area (Å²) in [5.74, 6) is -0.125. The van der Waals surface area contributed by atoms with Crippen molar-refractivity contribution in [1.29, 1.82) is 0 Å². The summed E-state index contributed by atoms with van der Waals surface area (Å²) < 4.78 is 43.0. The molecule has 42 heavy (non-hydrogen) atoms. The molecule has 0 bridgehead atoms. The Kier molecular flexibility index (Phi) is 8.37. The predicted octanol–water partition coefficient (Wildman–Crippen LogP) is 6.02. The molecular weight excluding hydrogens is 549 g/mol. The lowest BCUT2D eigenvalue weighted by molar-refractivity contribution is -0.122. The average molecular weight is 590 g/mol. The van der Waals surface area contributed by atoms with Gasteiger partial charge in [-0.1, -0.05) is 54.1 Å². The molecule has 0 aromatic heterocycles. The second-order valence-corrected chi connectivity index (χ2v) is 14.0. The lowest BCUT2D eigenvalue weighted by Crippen LogP contribution is -2.46. The lowest BCUT2D eigenvalue weighted by atomic mass is 9.86. The minimum Gasteiger partial charge on any atom is -0.349 e. The largest absolute Gasteiger partial charge is 0.349 e. The Balaban J connectivity index is 1.18. The van der Waals surface area contributed by atoms with E-state index in [0.717, 1.165) is 62.0 Å². The Labute approximate surface area is 249 Å². The van der Waals surface area contributed by atoms with E-state index in [1.165, 1.54) is 15.4 Å². The van der Waals surface area contributed by atoms with Crippen LogP contribution in [-0.2, 0) is 34.2 Å². The molecule has 1 amide bonds. The summed E-state index contributed by atoms with van der Waals surface area (Å²) in [4.78, 5) is 16.1. The van der Waals surface area contributed by atoms with Gasteiger partial charge in [-0.15, -0.1) is 0 Å². The van der Waals surface area contributed by atoms with Gasteiger partial charge in [-0.2, -0.15) is 0 Å². The van der Waals surface area contributed by atoms with Gasteiger partial charge in [0.2, 0.25) is 5.91 Å². The second kappa shape index (κ2) is 12.2. The first-order chi connectivity index (χ1) is 20.3. The first-order valence-corrected chi connectivity index (χ1v) is 16.7. The van der Waals surface area contributed by atoms with Gasteiger partial charge in [-0.3, -0.25) is 14.0 Å². The maximum absolute atomic E-state index is 14.0. The molecule has 6 rings (SSSR count). The number of para-hydroxylation sites is 1. The van der Waals surface area contributed by atoms with Gasteiger partial charge in [0.25, 0.3) is 10.0 Å². The number of alkyl halides is 1. The highest BCUT2D eigenvalue weighted by Crippen LogP contribution is 2.37. The van der Waals surface area contributed by atoms with Gasteiger partial charge in [-0.25, -0.2) is 12.8 Å². The molecule has 1 saturated heterocycles. The van der Waals surface area contributed by atoms with Crippen LogP contribution in [0, 0.1) is 6.92 Å². The number of sulfonamides is 1. The zero-order chi connectivity index (χ0) is 29.3. The molecule has 3 aliphatic rings. The standard InChI is InChI=1S/C34H40FN3O3S/c1-24-9-14-30(15-10-24)42(40,41)38-29(13-12-26-5-2-3-8-33(26)38)22-34(39)36-32-7-4-6-27-21-25(11-16-31(27)32)23-37-19-17-28(35)18-20-37/h2-3,5,8-11,14-16,21,28-29,32H,4,6-7,12-13,17-20,22-23H2,1H3,(H,36,39)/t29-,32-/m1/s1. The number of nitrogens with zero attached hydrogens (tertiary/aromatic N) is 2. The number of aryl methyl sites for hydroxylation is 3. The number of carbonyl (C=O) groups is 1. The molecule has 8 heteroatoms. The molecule has 2 aliphatic heterocycles. The van der Waals surface area contributed by atoms with E-state index >= 15 is 0 Å². The van der Waals surface area contributed by atoms with E-state index in [0.29, 0.717) is 24.9 Å². The zero-order valence-electron chi connectivity index (χ0n) is 24.3. The lowest BCUT2D eigenvalue weighted by Gasteiger charge is -2.38. The van der Waals surface area contributed by atoms with Crippen LogP contribution in [0.4, 0.5) is 10.1 Å².